The van der Waals surface area contributed by atoms with Gasteiger partial charge >= 0.3 is 5.97 Å². The molecule has 6 atom stereocenters. The quantitative estimate of drug-likeness (QED) is 0.279. The maximum Gasteiger partial charge on any atom is 0.316 e. The number of hydrogen-bond donors (Lipinski definition) is 0. The minimum atomic E-state index is -0.548. The van der Waals surface area contributed by atoms with Crippen LogP contribution >= 0.6 is 0 Å². The van der Waals surface area contributed by atoms with E-state index in [0.717, 1.165) is 12.0 Å². The number of anilines is 1. The van der Waals surface area contributed by atoms with Gasteiger partial charge in [-0.05, 0) is 61.4 Å². The summed E-state index contributed by atoms with van der Waals surface area (Å²) in [5.74, 6) is -1.21. The zero-order chi connectivity index (χ0) is 25.1. The van der Waals surface area contributed by atoms with E-state index in [1.54, 1.807) is 30.0 Å². The predicted octanol–water partition coefficient (Wildman–Crippen LogP) is 3.82. The lowest BCUT2D eigenvalue weighted by atomic mass is 9.85. The highest BCUT2D eigenvalue weighted by atomic mass is 16.5. The Balaban J connectivity index is 1.14. The molecule has 0 N–H and O–H groups in total. The number of benzene rings is 2. The Morgan fingerprint density at radius 3 is 2.28 bits per heavy atom. The van der Waals surface area contributed by atoms with Gasteiger partial charge in [0.1, 0.15) is 5.75 Å². The maximum atomic E-state index is 13.1. The van der Waals surface area contributed by atoms with Crippen LogP contribution in [0.4, 0.5) is 5.69 Å². The molecule has 2 saturated heterocycles. The van der Waals surface area contributed by atoms with Crippen LogP contribution in [-0.4, -0.2) is 35.1 Å². The second-order valence-electron chi connectivity index (χ2n) is 10.4. The Kier molecular flexibility index (Phi) is 5.32. The van der Waals surface area contributed by atoms with E-state index in [-0.39, 0.29) is 53.9 Å². The average molecular weight is 485 g/mol. The first-order chi connectivity index (χ1) is 17.3. The van der Waals surface area contributed by atoms with Crippen molar-refractivity contribution in [3.63, 3.8) is 0 Å². The number of nitrogens with zero attached hydrogens (tertiary/aromatic N) is 2. The van der Waals surface area contributed by atoms with Crippen molar-refractivity contribution < 1.29 is 23.9 Å². The fraction of sp³-hybridized carbons (Fsp3) is 0.379. The summed E-state index contributed by atoms with van der Waals surface area (Å²) in [5, 5.41) is 0. The van der Waals surface area contributed by atoms with Crippen molar-refractivity contribution in [1.29, 1.82) is 0 Å². The summed E-state index contributed by atoms with van der Waals surface area (Å²) < 4.78 is 5.64. The van der Waals surface area contributed by atoms with Gasteiger partial charge in [0.05, 0.1) is 29.5 Å². The van der Waals surface area contributed by atoms with Crippen molar-refractivity contribution in [3.05, 3.63) is 71.8 Å². The summed E-state index contributed by atoms with van der Waals surface area (Å²) in [4.78, 5) is 54.9. The number of hydrogen-bond acceptors (Lipinski definition) is 5. The molecular formula is C29H28N2O5. The lowest BCUT2D eigenvalue weighted by Crippen LogP contribution is -2.33. The van der Waals surface area contributed by atoms with E-state index >= 15 is 0 Å². The van der Waals surface area contributed by atoms with Crippen LogP contribution in [0.1, 0.15) is 36.9 Å². The van der Waals surface area contributed by atoms with Crippen molar-refractivity contribution >= 4 is 29.4 Å². The van der Waals surface area contributed by atoms with E-state index in [1.807, 2.05) is 37.3 Å². The number of fused-ring (bicyclic) bond motifs is 5. The van der Waals surface area contributed by atoms with Crippen LogP contribution in [0.3, 0.4) is 0 Å². The summed E-state index contributed by atoms with van der Waals surface area (Å²) in [7, 11) is 0. The van der Waals surface area contributed by atoms with Crippen molar-refractivity contribution in [2.24, 2.45) is 29.6 Å². The SMILES string of the molecule is Cc1cc(OC(=O)[C@@H]2CC(=O)N([C@H](C)c3ccccc3)C2)ccc1N1C(=O)[C@@H]2[C@H](C1=O)[C@H]1C=C[C@H]2C1. The molecule has 3 amide bonds. The van der Waals surface area contributed by atoms with Gasteiger partial charge in [-0.2, -0.15) is 0 Å². The zero-order valence-electron chi connectivity index (χ0n) is 20.3. The van der Waals surface area contributed by atoms with Gasteiger partial charge < -0.3 is 9.64 Å². The lowest BCUT2D eigenvalue weighted by Gasteiger charge is -2.25. The smallest absolute Gasteiger partial charge is 0.316 e. The number of esters is 1. The van der Waals surface area contributed by atoms with Crippen LogP contribution in [0, 0.1) is 36.5 Å². The van der Waals surface area contributed by atoms with E-state index in [1.165, 1.54) is 4.90 Å². The summed E-state index contributed by atoms with van der Waals surface area (Å²) >= 11 is 0. The molecule has 4 aliphatic rings. The van der Waals surface area contributed by atoms with Gasteiger partial charge in [0, 0.05) is 13.0 Å². The van der Waals surface area contributed by atoms with E-state index in [0.29, 0.717) is 23.5 Å². The standard InChI is InChI=1S/C29H28N2O5/c1-16-12-22(10-11-23(16)31-27(33)25-19-8-9-20(13-19)26(25)28(31)34)36-29(35)21-14-24(32)30(15-21)17(2)18-6-4-3-5-7-18/h3-12,17,19-21,25-26H,13-15H2,1-2H3/t17-,19+,20+,21-,25-,26+/m1/s1. The van der Waals surface area contributed by atoms with Gasteiger partial charge in [0.25, 0.3) is 0 Å². The Morgan fingerprint density at radius 2 is 1.64 bits per heavy atom. The van der Waals surface area contributed by atoms with Gasteiger partial charge in [-0.15, -0.1) is 0 Å². The number of aryl methyl sites for hydroxylation is 1. The molecule has 0 aromatic heterocycles. The van der Waals surface area contributed by atoms with Crippen LogP contribution in [0.2, 0.25) is 0 Å². The molecule has 7 nitrogen and oxygen atoms in total. The normalized spacial score (nSPS) is 29.3. The lowest BCUT2D eigenvalue weighted by molar-refractivity contribution is -0.139. The topological polar surface area (TPSA) is 84.0 Å². The Bertz CT molecular complexity index is 1270. The molecule has 2 aliphatic heterocycles. The number of allylic oxidation sites excluding steroid dienone is 2. The Morgan fingerprint density at radius 1 is 0.972 bits per heavy atom. The molecule has 184 valence electrons. The van der Waals surface area contributed by atoms with Crippen LogP contribution in [-0.2, 0) is 19.2 Å². The van der Waals surface area contributed by atoms with Crippen LogP contribution < -0.4 is 9.64 Å². The highest BCUT2D eigenvalue weighted by molar-refractivity contribution is 6.23. The van der Waals surface area contributed by atoms with Crippen LogP contribution in [0.25, 0.3) is 0 Å². The van der Waals surface area contributed by atoms with Gasteiger partial charge in [-0.25, -0.2) is 4.90 Å². The number of amides is 3. The molecule has 2 bridgehead atoms. The number of rotatable bonds is 5. The second-order valence-corrected chi connectivity index (χ2v) is 10.4. The number of carbonyl (C=O) groups excluding carboxylic acids is 4. The fourth-order valence-corrected chi connectivity index (χ4v) is 6.46. The van der Waals surface area contributed by atoms with Gasteiger partial charge in [0.2, 0.25) is 17.7 Å². The molecule has 0 radical (unpaired) electrons. The van der Waals surface area contributed by atoms with Crippen molar-refractivity contribution in [3.8, 4) is 5.75 Å². The summed E-state index contributed by atoms with van der Waals surface area (Å²) in [6, 6.07) is 14.6. The number of ether oxygens (including phenoxy) is 1. The summed E-state index contributed by atoms with van der Waals surface area (Å²) in [6.07, 6.45) is 5.15. The zero-order valence-corrected chi connectivity index (χ0v) is 20.3. The molecular weight excluding hydrogens is 456 g/mol. The van der Waals surface area contributed by atoms with E-state index < -0.39 is 11.9 Å². The van der Waals surface area contributed by atoms with E-state index in [4.69, 9.17) is 4.74 Å². The third kappa shape index (κ3) is 3.48. The summed E-state index contributed by atoms with van der Waals surface area (Å²) in [6.45, 7) is 4.07. The highest BCUT2D eigenvalue weighted by Gasteiger charge is 2.59. The monoisotopic (exact) mass is 484 g/mol. The fourth-order valence-electron chi connectivity index (χ4n) is 6.46. The Hall–Kier alpha value is -3.74. The third-order valence-electron chi connectivity index (χ3n) is 8.34. The van der Waals surface area contributed by atoms with Gasteiger partial charge in [0.15, 0.2) is 0 Å². The highest BCUT2D eigenvalue weighted by Crippen LogP contribution is 2.53. The molecule has 7 heteroatoms. The molecule has 2 aromatic rings. The molecule has 36 heavy (non-hydrogen) atoms. The maximum absolute atomic E-state index is 13.1. The molecule has 0 spiro atoms. The van der Waals surface area contributed by atoms with Crippen LogP contribution in [0.15, 0.2) is 60.7 Å². The molecule has 2 aliphatic carbocycles. The minimum absolute atomic E-state index is 0.0695. The van der Waals surface area contributed by atoms with Crippen molar-refractivity contribution in [2.45, 2.75) is 32.7 Å². The number of imide groups is 1. The molecule has 3 fully saturated rings. The van der Waals surface area contributed by atoms with Crippen molar-refractivity contribution in [2.75, 3.05) is 11.4 Å². The molecule has 2 heterocycles. The molecule has 2 aromatic carbocycles. The van der Waals surface area contributed by atoms with Crippen LogP contribution in [0.5, 0.6) is 5.75 Å². The first kappa shape index (κ1) is 22.7. The predicted molar refractivity (Wildman–Crippen MR) is 132 cm³/mol. The average Bonchev–Trinajstić information content (AvgIpc) is 3.64. The van der Waals surface area contributed by atoms with Gasteiger partial charge in [-0.3, -0.25) is 19.2 Å². The summed E-state index contributed by atoms with van der Waals surface area (Å²) in [5.41, 5.74) is 2.24. The Labute approximate surface area is 209 Å². The minimum Gasteiger partial charge on any atom is -0.426 e. The number of likely N-dealkylation sites (tertiary alicyclic amines) is 1. The first-order valence-electron chi connectivity index (χ1n) is 12.6. The van der Waals surface area contributed by atoms with Crippen molar-refractivity contribution in [1.82, 2.24) is 4.90 Å². The van der Waals surface area contributed by atoms with Gasteiger partial charge in [-0.1, -0.05) is 42.5 Å². The van der Waals surface area contributed by atoms with E-state index in [2.05, 4.69) is 12.2 Å². The molecule has 0 unspecified atom stereocenters. The molecule has 6 rings (SSSR count). The van der Waals surface area contributed by atoms with E-state index in [9.17, 15) is 19.2 Å². The third-order valence-corrected chi connectivity index (χ3v) is 8.34. The first-order valence-corrected chi connectivity index (χ1v) is 12.6. The second kappa shape index (κ2) is 8.43. The number of carbonyl (C=O) groups is 4. The molecule has 1 saturated carbocycles. The largest absolute Gasteiger partial charge is 0.426 e.